The highest BCUT2D eigenvalue weighted by atomic mass is 16.2. The van der Waals surface area contributed by atoms with E-state index in [0.717, 1.165) is 12.0 Å². The summed E-state index contributed by atoms with van der Waals surface area (Å²) in [6.45, 7) is 1.36. The van der Waals surface area contributed by atoms with Crippen molar-refractivity contribution < 1.29 is 9.59 Å². The van der Waals surface area contributed by atoms with Crippen LogP contribution in [-0.4, -0.2) is 46.1 Å². The normalized spacial score (nSPS) is 19.8. The minimum absolute atomic E-state index is 0.0172. The minimum Gasteiger partial charge on any atom is -0.366 e. The lowest BCUT2D eigenvalue weighted by Gasteiger charge is -2.33. The first-order valence-corrected chi connectivity index (χ1v) is 9.40. The average molecular weight is 378 g/mol. The Morgan fingerprint density at radius 2 is 1.71 bits per heavy atom. The molecule has 1 aromatic carbocycles. The highest BCUT2D eigenvalue weighted by Crippen LogP contribution is 2.32. The van der Waals surface area contributed by atoms with Crippen molar-refractivity contribution >= 4 is 24.0 Å². The van der Waals surface area contributed by atoms with Crippen LogP contribution in [0, 0.1) is 5.92 Å². The van der Waals surface area contributed by atoms with Gasteiger partial charge in [0, 0.05) is 44.0 Å². The van der Waals surface area contributed by atoms with Crippen LogP contribution in [0.25, 0.3) is 0 Å². The van der Waals surface area contributed by atoms with Gasteiger partial charge < -0.3 is 10.6 Å². The second kappa shape index (κ2) is 7.75. The number of carbonyl (C=O) groups is 2. The number of nitrogens with zero attached hydrogens (tertiary/aromatic N) is 5. The predicted octanol–water partition coefficient (Wildman–Crippen LogP) is 1.75. The van der Waals surface area contributed by atoms with Crippen molar-refractivity contribution in [2.75, 3.05) is 18.0 Å². The Kier molecular flexibility index (Phi) is 5.01. The number of carbonyl (C=O) groups excluding carboxylic acids is 2. The number of hydrogen-bond acceptors (Lipinski definition) is 6. The van der Waals surface area contributed by atoms with Gasteiger partial charge in [0.25, 0.3) is 5.91 Å². The molecule has 0 spiro atoms. The Bertz CT molecular complexity index is 875. The first-order valence-electron chi connectivity index (χ1n) is 9.40. The lowest BCUT2D eigenvalue weighted by atomic mass is 9.94. The van der Waals surface area contributed by atoms with E-state index in [1.165, 1.54) is 12.4 Å². The van der Waals surface area contributed by atoms with Gasteiger partial charge >= 0.3 is 0 Å². The molecule has 4 rings (SSSR count). The highest BCUT2D eigenvalue weighted by Gasteiger charge is 2.35. The number of nitrogens with two attached hydrogens (primary N) is 1. The molecule has 0 radical (unpaired) electrons. The van der Waals surface area contributed by atoms with E-state index in [9.17, 15) is 9.59 Å². The average Bonchev–Trinajstić information content (AvgIpc) is 3.24. The summed E-state index contributed by atoms with van der Waals surface area (Å²) in [4.78, 5) is 34.7. The Labute approximate surface area is 163 Å². The van der Waals surface area contributed by atoms with E-state index in [0.29, 0.717) is 31.9 Å². The van der Waals surface area contributed by atoms with Gasteiger partial charge in [-0.3, -0.25) is 9.59 Å². The van der Waals surface area contributed by atoms with Gasteiger partial charge in [-0.15, -0.1) is 0 Å². The summed E-state index contributed by atoms with van der Waals surface area (Å²) >= 11 is 0. The fraction of sp³-hybridized carbons (Fsp3) is 0.350. The van der Waals surface area contributed by atoms with E-state index in [2.05, 4.69) is 15.1 Å². The van der Waals surface area contributed by atoms with Gasteiger partial charge in [0.2, 0.25) is 11.9 Å². The number of anilines is 1. The molecule has 3 heterocycles. The van der Waals surface area contributed by atoms with E-state index < -0.39 is 5.91 Å². The summed E-state index contributed by atoms with van der Waals surface area (Å²) in [7, 11) is 0. The maximum absolute atomic E-state index is 13.1. The molecule has 2 aliphatic heterocycles. The Morgan fingerprint density at radius 3 is 2.36 bits per heavy atom. The molecule has 1 atom stereocenters. The topological polar surface area (TPSA) is 105 Å². The van der Waals surface area contributed by atoms with Crippen molar-refractivity contribution in [1.82, 2.24) is 15.0 Å². The largest absolute Gasteiger partial charge is 0.366 e. The second-order valence-corrected chi connectivity index (χ2v) is 7.04. The molecule has 2 N–H and O–H groups in total. The molecule has 2 aromatic rings. The number of rotatable bonds is 4. The van der Waals surface area contributed by atoms with Crippen LogP contribution in [0.4, 0.5) is 5.95 Å². The maximum atomic E-state index is 13.1. The fourth-order valence-electron chi connectivity index (χ4n) is 3.70. The van der Waals surface area contributed by atoms with Crippen molar-refractivity contribution in [3.63, 3.8) is 0 Å². The Hall–Kier alpha value is -3.29. The van der Waals surface area contributed by atoms with Crippen LogP contribution in [0.3, 0.4) is 0 Å². The summed E-state index contributed by atoms with van der Waals surface area (Å²) < 4.78 is 0. The van der Waals surface area contributed by atoms with Gasteiger partial charge in [-0.05, 0) is 18.4 Å². The van der Waals surface area contributed by atoms with Crippen molar-refractivity contribution in [2.45, 2.75) is 25.3 Å². The molecule has 8 heteroatoms. The third kappa shape index (κ3) is 3.58. The third-order valence-electron chi connectivity index (χ3n) is 5.29. The summed E-state index contributed by atoms with van der Waals surface area (Å²) in [6, 6.07) is 10.00. The van der Waals surface area contributed by atoms with Crippen LogP contribution in [0.15, 0.2) is 47.8 Å². The van der Waals surface area contributed by atoms with Crippen LogP contribution >= 0.6 is 0 Å². The van der Waals surface area contributed by atoms with Gasteiger partial charge in [0.05, 0.1) is 11.6 Å². The first-order chi connectivity index (χ1) is 13.6. The fourth-order valence-corrected chi connectivity index (χ4v) is 3.70. The molecule has 144 valence electrons. The van der Waals surface area contributed by atoms with E-state index in [1.54, 1.807) is 5.01 Å². The first kappa shape index (κ1) is 18.1. The molecule has 1 fully saturated rings. The maximum Gasteiger partial charge on any atom is 0.251 e. The molecule has 28 heavy (non-hydrogen) atoms. The van der Waals surface area contributed by atoms with Crippen molar-refractivity contribution in [1.29, 1.82) is 0 Å². The number of hydrazone groups is 1. The molecule has 2 amide bonds. The van der Waals surface area contributed by atoms with Gasteiger partial charge in [0.1, 0.15) is 0 Å². The van der Waals surface area contributed by atoms with Crippen molar-refractivity contribution in [3.05, 3.63) is 53.9 Å². The molecule has 8 nitrogen and oxygen atoms in total. The number of benzene rings is 1. The highest BCUT2D eigenvalue weighted by molar-refractivity contribution is 5.92. The van der Waals surface area contributed by atoms with E-state index in [4.69, 9.17) is 5.73 Å². The zero-order valence-corrected chi connectivity index (χ0v) is 15.4. The number of piperidine rings is 1. The van der Waals surface area contributed by atoms with Gasteiger partial charge in [-0.1, -0.05) is 30.3 Å². The predicted molar refractivity (Wildman–Crippen MR) is 105 cm³/mol. The molecule has 0 aliphatic carbocycles. The minimum atomic E-state index is -0.546. The third-order valence-corrected chi connectivity index (χ3v) is 5.29. The summed E-state index contributed by atoms with van der Waals surface area (Å²) in [6.07, 6.45) is 6.87. The smallest absolute Gasteiger partial charge is 0.251 e. The molecule has 1 aromatic heterocycles. The number of amides is 2. The standard InChI is InChI=1S/C20H22N6O2/c21-18(27)16-12-22-20(23-13-16)25-10-7-15(8-11-25)19(28)26-17(6-9-24-26)14-4-2-1-3-5-14/h1-5,9,12-13,15,17H,6-8,10-11H2,(H2,21,27)/t17-/m0/s1. The molecule has 2 aliphatic rings. The molecule has 0 unspecified atom stereocenters. The summed E-state index contributed by atoms with van der Waals surface area (Å²) in [5.41, 5.74) is 6.61. The number of aromatic nitrogens is 2. The van der Waals surface area contributed by atoms with Crippen LogP contribution in [-0.2, 0) is 4.79 Å². The van der Waals surface area contributed by atoms with Crippen molar-refractivity contribution in [3.8, 4) is 0 Å². The molecular weight excluding hydrogens is 356 g/mol. The Morgan fingerprint density at radius 1 is 1.04 bits per heavy atom. The van der Waals surface area contributed by atoms with Gasteiger partial charge in [-0.25, -0.2) is 15.0 Å². The number of primary amides is 1. The van der Waals surface area contributed by atoms with Gasteiger partial charge in [-0.2, -0.15) is 5.10 Å². The van der Waals surface area contributed by atoms with Crippen LogP contribution < -0.4 is 10.6 Å². The second-order valence-electron chi connectivity index (χ2n) is 7.04. The zero-order chi connectivity index (χ0) is 19.5. The van der Waals surface area contributed by atoms with Crippen LogP contribution in [0.1, 0.15) is 41.2 Å². The molecule has 0 saturated carbocycles. The molecule has 0 bridgehead atoms. The van der Waals surface area contributed by atoms with Gasteiger partial charge in [0.15, 0.2) is 0 Å². The molecular formula is C20H22N6O2. The SMILES string of the molecule is NC(=O)c1cnc(N2CCC(C(=O)N3N=CC[C@H]3c3ccccc3)CC2)nc1. The lowest BCUT2D eigenvalue weighted by Crippen LogP contribution is -2.41. The number of hydrogen-bond donors (Lipinski definition) is 1. The van der Waals surface area contributed by atoms with E-state index >= 15 is 0 Å². The van der Waals surface area contributed by atoms with E-state index in [-0.39, 0.29) is 23.4 Å². The summed E-state index contributed by atoms with van der Waals surface area (Å²) in [5.74, 6) is 0.0158. The lowest BCUT2D eigenvalue weighted by molar-refractivity contribution is -0.138. The Balaban J connectivity index is 1.38. The van der Waals surface area contributed by atoms with Crippen LogP contribution in [0.5, 0.6) is 0 Å². The zero-order valence-electron chi connectivity index (χ0n) is 15.4. The monoisotopic (exact) mass is 378 g/mol. The van der Waals surface area contributed by atoms with Crippen molar-refractivity contribution in [2.24, 2.45) is 16.8 Å². The quantitative estimate of drug-likeness (QED) is 0.873. The van der Waals surface area contributed by atoms with Crippen LogP contribution in [0.2, 0.25) is 0 Å². The molecule has 1 saturated heterocycles. The van der Waals surface area contributed by atoms with E-state index in [1.807, 2.05) is 41.4 Å². The summed E-state index contributed by atoms with van der Waals surface area (Å²) in [5, 5.41) is 6.00.